The third-order valence-electron chi connectivity index (χ3n) is 4.19. The van der Waals surface area contributed by atoms with Crippen molar-refractivity contribution in [3.05, 3.63) is 45.7 Å². The van der Waals surface area contributed by atoms with E-state index in [-0.39, 0.29) is 17.3 Å². The van der Waals surface area contributed by atoms with E-state index in [2.05, 4.69) is 0 Å². The van der Waals surface area contributed by atoms with Crippen LogP contribution in [0.1, 0.15) is 19.4 Å². The number of hydrogen-bond acceptors (Lipinski definition) is 0. The standard InChI is InChI=1S/C15H14Cl2F4/c1-14(2)10(11(14)7-13(17)15(19,20)21)5-8-3-4-9(18)6-12(8)16/h3-4,6-7,10-11H,5H2,1-2H3/b13-7-/t10-,11+/m0/s1. The lowest BCUT2D eigenvalue weighted by Crippen LogP contribution is -2.07. The second-order valence-electron chi connectivity index (χ2n) is 5.91. The molecule has 0 heterocycles. The highest BCUT2D eigenvalue weighted by molar-refractivity contribution is 6.31. The predicted octanol–water partition coefficient (Wildman–Crippen LogP) is 5.98. The Kier molecular flexibility index (Phi) is 4.33. The average Bonchev–Trinajstić information content (AvgIpc) is 2.83. The van der Waals surface area contributed by atoms with Crippen LogP contribution in [0, 0.1) is 23.1 Å². The first-order valence-corrected chi connectivity index (χ1v) is 7.17. The van der Waals surface area contributed by atoms with Crippen molar-refractivity contribution < 1.29 is 17.6 Å². The van der Waals surface area contributed by atoms with E-state index in [0.717, 1.165) is 11.6 Å². The summed E-state index contributed by atoms with van der Waals surface area (Å²) in [6.07, 6.45) is -2.95. The first kappa shape index (κ1) is 16.6. The molecule has 2 rings (SSSR count). The molecule has 0 aromatic heterocycles. The molecule has 116 valence electrons. The second-order valence-corrected chi connectivity index (χ2v) is 6.72. The van der Waals surface area contributed by atoms with Gasteiger partial charge in [-0.05, 0) is 41.4 Å². The molecule has 1 fully saturated rings. The zero-order chi connectivity index (χ0) is 16.0. The summed E-state index contributed by atoms with van der Waals surface area (Å²) in [5.74, 6) is -0.709. The zero-order valence-electron chi connectivity index (χ0n) is 11.4. The third kappa shape index (κ3) is 3.54. The summed E-state index contributed by atoms with van der Waals surface area (Å²) in [6.45, 7) is 3.77. The average molecular weight is 341 g/mol. The molecule has 1 aromatic carbocycles. The highest BCUT2D eigenvalue weighted by Crippen LogP contribution is 2.61. The van der Waals surface area contributed by atoms with Gasteiger partial charge in [-0.15, -0.1) is 0 Å². The maximum Gasteiger partial charge on any atom is 0.426 e. The Morgan fingerprint density at radius 1 is 1.33 bits per heavy atom. The van der Waals surface area contributed by atoms with Crippen molar-refractivity contribution in [1.29, 1.82) is 0 Å². The van der Waals surface area contributed by atoms with E-state index in [4.69, 9.17) is 23.2 Å². The van der Waals surface area contributed by atoms with Crippen molar-refractivity contribution in [2.45, 2.75) is 26.4 Å². The number of hydrogen-bond donors (Lipinski definition) is 0. The molecule has 6 heteroatoms. The van der Waals surface area contributed by atoms with E-state index in [0.29, 0.717) is 11.4 Å². The van der Waals surface area contributed by atoms with Crippen molar-refractivity contribution in [2.75, 3.05) is 0 Å². The van der Waals surface area contributed by atoms with E-state index in [9.17, 15) is 17.6 Å². The first-order chi connectivity index (χ1) is 9.53. The van der Waals surface area contributed by atoms with Crippen LogP contribution in [-0.4, -0.2) is 6.18 Å². The van der Waals surface area contributed by atoms with Crippen LogP contribution in [-0.2, 0) is 6.42 Å². The molecule has 1 aromatic rings. The molecule has 1 aliphatic carbocycles. The Bertz CT molecular complexity index is 576. The Balaban J connectivity index is 2.15. The van der Waals surface area contributed by atoms with Gasteiger partial charge in [0.05, 0.1) is 0 Å². The Morgan fingerprint density at radius 3 is 2.48 bits per heavy atom. The van der Waals surface area contributed by atoms with Gasteiger partial charge in [0.1, 0.15) is 10.8 Å². The molecule has 0 unspecified atom stereocenters. The Labute approximate surface area is 130 Å². The van der Waals surface area contributed by atoms with Crippen molar-refractivity contribution in [3.8, 4) is 0 Å². The van der Waals surface area contributed by atoms with Crippen LogP contribution in [0.25, 0.3) is 0 Å². The number of allylic oxidation sites excluding steroid dienone is 2. The summed E-state index contributed by atoms with van der Waals surface area (Å²) in [5.41, 5.74) is 0.443. The van der Waals surface area contributed by atoms with E-state index >= 15 is 0 Å². The van der Waals surface area contributed by atoms with E-state index in [1.807, 2.05) is 13.8 Å². The summed E-state index contributed by atoms with van der Waals surface area (Å²) in [4.78, 5) is 0. The third-order valence-corrected chi connectivity index (χ3v) is 4.88. The molecule has 0 N–H and O–H groups in total. The van der Waals surface area contributed by atoms with Gasteiger partial charge in [-0.1, -0.05) is 49.2 Å². The van der Waals surface area contributed by atoms with Crippen molar-refractivity contribution >= 4 is 23.2 Å². The maximum atomic E-state index is 13.0. The molecule has 0 nitrogen and oxygen atoms in total. The summed E-state index contributed by atoms with van der Waals surface area (Å²) < 4.78 is 50.5. The van der Waals surface area contributed by atoms with Crippen LogP contribution >= 0.6 is 23.2 Å². The predicted molar refractivity (Wildman–Crippen MR) is 75.9 cm³/mol. The normalized spacial score (nSPS) is 25.0. The lowest BCUT2D eigenvalue weighted by atomic mass is 10.0. The highest BCUT2D eigenvalue weighted by atomic mass is 35.5. The highest BCUT2D eigenvalue weighted by Gasteiger charge is 2.56. The fourth-order valence-electron chi connectivity index (χ4n) is 2.68. The lowest BCUT2D eigenvalue weighted by molar-refractivity contribution is -0.0848. The fourth-order valence-corrected chi connectivity index (χ4v) is 3.06. The Morgan fingerprint density at radius 2 is 1.95 bits per heavy atom. The van der Waals surface area contributed by atoms with Gasteiger partial charge in [-0.2, -0.15) is 13.2 Å². The number of halogens is 6. The van der Waals surface area contributed by atoms with Crippen LogP contribution in [0.4, 0.5) is 17.6 Å². The minimum absolute atomic E-state index is 0.00318. The molecule has 1 aliphatic rings. The van der Waals surface area contributed by atoms with E-state index in [1.54, 1.807) is 6.07 Å². The van der Waals surface area contributed by atoms with Crippen molar-refractivity contribution in [1.82, 2.24) is 0 Å². The van der Waals surface area contributed by atoms with Crippen molar-refractivity contribution in [3.63, 3.8) is 0 Å². The van der Waals surface area contributed by atoms with E-state index in [1.165, 1.54) is 12.1 Å². The Hall–Kier alpha value is -0.740. The smallest absolute Gasteiger partial charge is 0.207 e. The monoisotopic (exact) mass is 340 g/mol. The van der Waals surface area contributed by atoms with Crippen LogP contribution < -0.4 is 0 Å². The molecule has 0 radical (unpaired) electrons. The molecule has 0 saturated heterocycles. The SMILES string of the molecule is CC1(C)[C@H](/C=C(\Cl)C(F)(F)F)[C@@H]1Cc1ccc(F)cc1Cl. The molecule has 21 heavy (non-hydrogen) atoms. The molecule has 0 aliphatic heterocycles. The molecular weight excluding hydrogens is 327 g/mol. The zero-order valence-corrected chi connectivity index (χ0v) is 13.0. The van der Waals surface area contributed by atoms with Gasteiger partial charge in [-0.25, -0.2) is 4.39 Å². The first-order valence-electron chi connectivity index (χ1n) is 6.42. The maximum absolute atomic E-state index is 13.0. The van der Waals surface area contributed by atoms with Gasteiger partial charge in [0, 0.05) is 5.02 Å². The summed E-state index contributed by atoms with van der Waals surface area (Å²) >= 11 is 11.3. The van der Waals surface area contributed by atoms with E-state index < -0.39 is 17.0 Å². The minimum atomic E-state index is -4.52. The molecule has 1 saturated carbocycles. The molecule has 0 bridgehead atoms. The second kappa shape index (κ2) is 5.47. The van der Waals surface area contributed by atoms with Crippen LogP contribution in [0.5, 0.6) is 0 Å². The molecule has 0 amide bonds. The summed E-state index contributed by atoms with van der Waals surface area (Å²) in [5, 5.41) is -0.796. The van der Waals surface area contributed by atoms with Gasteiger partial charge < -0.3 is 0 Å². The topological polar surface area (TPSA) is 0 Å². The molecular formula is C15H14Cl2F4. The van der Waals surface area contributed by atoms with Crippen LogP contribution in [0.3, 0.4) is 0 Å². The molecule has 0 spiro atoms. The van der Waals surface area contributed by atoms with Crippen LogP contribution in [0.15, 0.2) is 29.3 Å². The van der Waals surface area contributed by atoms with Gasteiger partial charge in [0.25, 0.3) is 0 Å². The quantitative estimate of drug-likeness (QED) is 0.594. The number of rotatable bonds is 3. The van der Waals surface area contributed by atoms with Gasteiger partial charge >= 0.3 is 6.18 Å². The van der Waals surface area contributed by atoms with Crippen molar-refractivity contribution in [2.24, 2.45) is 17.3 Å². The summed E-state index contributed by atoms with van der Waals surface area (Å²) in [7, 11) is 0. The lowest BCUT2D eigenvalue weighted by Gasteiger charge is -2.05. The van der Waals surface area contributed by atoms with Gasteiger partial charge in [-0.3, -0.25) is 0 Å². The number of alkyl halides is 3. The van der Waals surface area contributed by atoms with Gasteiger partial charge in [0.15, 0.2) is 0 Å². The van der Waals surface area contributed by atoms with Gasteiger partial charge in [0.2, 0.25) is 0 Å². The number of benzene rings is 1. The summed E-state index contributed by atoms with van der Waals surface area (Å²) in [6, 6.07) is 4.07. The molecule has 2 atom stereocenters. The largest absolute Gasteiger partial charge is 0.426 e. The fraction of sp³-hybridized carbons (Fsp3) is 0.467. The van der Waals surface area contributed by atoms with Crippen LogP contribution in [0.2, 0.25) is 5.02 Å². The minimum Gasteiger partial charge on any atom is -0.207 e.